The summed E-state index contributed by atoms with van der Waals surface area (Å²) in [5, 5.41) is 3.70. The van der Waals surface area contributed by atoms with Gasteiger partial charge >= 0.3 is 0 Å². The number of aromatic nitrogens is 1. The molecule has 0 bridgehead atoms. The second-order valence-electron chi connectivity index (χ2n) is 7.08. The molecule has 1 atom stereocenters. The molecule has 1 aliphatic heterocycles. The number of Topliss-reactive ketones (excluding diaryl/α,β-unsaturated/α-hetero) is 1. The highest BCUT2D eigenvalue weighted by Crippen LogP contribution is 2.28. The number of halogens is 1. The number of hydrogen-bond acceptors (Lipinski definition) is 4. The van der Waals surface area contributed by atoms with E-state index in [1.165, 1.54) is 6.92 Å². The normalized spacial score (nSPS) is 16.0. The molecule has 1 aromatic heterocycles. The third-order valence-corrected chi connectivity index (χ3v) is 5.57. The topological polar surface area (TPSA) is 74.4 Å². The van der Waals surface area contributed by atoms with Crippen molar-refractivity contribution in [1.29, 1.82) is 0 Å². The lowest BCUT2D eigenvalue weighted by atomic mass is 10.0. The molecule has 2 aromatic rings. The van der Waals surface area contributed by atoms with E-state index < -0.39 is 0 Å². The molecule has 1 saturated heterocycles. The van der Waals surface area contributed by atoms with Crippen LogP contribution in [0.1, 0.15) is 50.6 Å². The van der Waals surface area contributed by atoms with Gasteiger partial charge in [-0.15, -0.1) is 0 Å². The third-order valence-electron chi connectivity index (χ3n) is 5.22. The fraction of sp³-hybridized carbons (Fsp3) is 0.429. The van der Waals surface area contributed by atoms with E-state index in [4.69, 9.17) is 16.3 Å². The molecular weight excluding hydrogens is 378 g/mol. The van der Waals surface area contributed by atoms with Crippen LogP contribution in [-0.2, 0) is 4.74 Å². The van der Waals surface area contributed by atoms with E-state index in [0.717, 1.165) is 18.7 Å². The number of ketones is 1. The SMILES string of the molecule is CC(=O)c1c(C)[nH]c(C(=O)NCC(c2ccccc2Cl)N2CCOCC2)c1C. The first-order chi connectivity index (χ1) is 13.4. The quantitative estimate of drug-likeness (QED) is 0.726. The number of aromatic amines is 1. The van der Waals surface area contributed by atoms with Crippen molar-refractivity contribution in [3.63, 3.8) is 0 Å². The molecule has 1 aliphatic rings. The third kappa shape index (κ3) is 4.29. The van der Waals surface area contributed by atoms with Gasteiger partial charge < -0.3 is 15.0 Å². The maximum Gasteiger partial charge on any atom is 0.268 e. The zero-order valence-corrected chi connectivity index (χ0v) is 17.2. The summed E-state index contributed by atoms with van der Waals surface area (Å²) in [6.45, 7) is 8.40. The summed E-state index contributed by atoms with van der Waals surface area (Å²) in [5.41, 5.74) is 3.40. The van der Waals surface area contributed by atoms with Gasteiger partial charge in [0.05, 0.1) is 19.3 Å². The van der Waals surface area contributed by atoms with Gasteiger partial charge in [-0.05, 0) is 38.0 Å². The smallest absolute Gasteiger partial charge is 0.268 e. The Morgan fingerprint density at radius 3 is 2.54 bits per heavy atom. The molecule has 7 heteroatoms. The molecular formula is C21H26ClN3O3. The van der Waals surface area contributed by atoms with Crippen molar-refractivity contribution in [3.8, 4) is 0 Å². The number of carbonyl (C=O) groups excluding carboxylic acids is 2. The number of morpholine rings is 1. The largest absolute Gasteiger partial charge is 0.379 e. The van der Waals surface area contributed by atoms with Crippen LogP contribution in [0.3, 0.4) is 0 Å². The van der Waals surface area contributed by atoms with Gasteiger partial charge in [0.2, 0.25) is 0 Å². The Morgan fingerprint density at radius 1 is 1.25 bits per heavy atom. The number of aryl methyl sites for hydroxylation is 1. The molecule has 0 aliphatic carbocycles. The molecule has 2 heterocycles. The second-order valence-corrected chi connectivity index (χ2v) is 7.48. The van der Waals surface area contributed by atoms with Gasteiger partial charge in [-0.3, -0.25) is 14.5 Å². The molecule has 6 nitrogen and oxygen atoms in total. The van der Waals surface area contributed by atoms with Crippen molar-refractivity contribution < 1.29 is 14.3 Å². The van der Waals surface area contributed by atoms with Crippen molar-refractivity contribution in [2.24, 2.45) is 0 Å². The number of H-pyrrole nitrogens is 1. The van der Waals surface area contributed by atoms with E-state index in [1.807, 2.05) is 24.3 Å². The average Bonchev–Trinajstić information content (AvgIpc) is 2.98. The Balaban J connectivity index is 1.80. The first-order valence-electron chi connectivity index (χ1n) is 9.44. The molecule has 3 rings (SSSR count). The lowest BCUT2D eigenvalue weighted by Gasteiger charge is -2.35. The van der Waals surface area contributed by atoms with E-state index >= 15 is 0 Å². The molecule has 150 valence electrons. The molecule has 2 N–H and O–H groups in total. The van der Waals surface area contributed by atoms with Crippen molar-refractivity contribution >= 4 is 23.3 Å². The zero-order valence-electron chi connectivity index (χ0n) is 16.5. The molecule has 1 amide bonds. The fourth-order valence-corrected chi connectivity index (χ4v) is 4.11. The highest BCUT2D eigenvalue weighted by atomic mass is 35.5. The number of benzene rings is 1. The minimum atomic E-state index is -0.224. The first kappa shape index (κ1) is 20.6. The van der Waals surface area contributed by atoms with Crippen LogP contribution in [0.5, 0.6) is 0 Å². The van der Waals surface area contributed by atoms with Gasteiger partial charge in [0.1, 0.15) is 5.69 Å². The zero-order chi connectivity index (χ0) is 20.3. The van der Waals surface area contributed by atoms with Crippen LogP contribution < -0.4 is 5.32 Å². The summed E-state index contributed by atoms with van der Waals surface area (Å²) in [7, 11) is 0. The van der Waals surface area contributed by atoms with Crippen molar-refractivity contribution in [1.82, 2.24) is 15.2 Å². The van der Waals surface area contributed by atoms with Crippen LogP contribution in [0.2, 0.25) is 5.02 Å². The van der Waals surface area contributed by atoms with Gasteiger partial charge in [-0.25, -0.2) is 0 Å². The van der Waals surface area contributed by atoms with E-state index in [2.05, 4.69) is 15.2 Å². The predicted molar refractivity (Wildman–Crippen MR) is 109 cm³/mol. The lowest BCUT2D eigenvalue weighted by molar-refractivity contribution is 0.0162. The first-order valence-corrected chi connectivity index (χ1v) is 9.82. The van der Waals surface area contributed by atoms with Crippen molar-refractivity contribution in [3.05, 3.63) is 57.4 Å². The molecule has 1 unspecified atom stereocenters. The molecule has 0 radical (unpaired) electrons. The van der Waals surface area contributed by atoms with Crippen LogP contribution in [0.15, 0.2) is 24.3 Å². The van der Waals surface area contributed by atoms with Gasteiger partial charge in [0, 0.05) is 35.9 Å². The van der Waals surface area contributed by atoms with Crippen LogP contribution in [0, 0.1) is 13.8 Å². The number of nitrogens with zero attached hydrogens (tertiary/aromatic N) is 1. The number of amides is 1. The van der Waals surface area contributed by atoms with Crippen LogP contribution >= 0.6 is 11.6 Å². The summed E-state index contributed by atoms with van der Waals surface area (Å²) in [5.74, 6) is -0.272. The van der Waals surface area contributed by atoms with Crippen LogP contribution in [0.25, 0.3) is 0 Å². The van der Waals surface area contributed by atoms with Gasteiger partial charge in [0.25, 0.3) is 5.91 Å². The predicted octanol–water partition coefficient (Wildman–Crippen LogP) is 3.29. The Labute approximate surface area is 170 Å². The number of nitrogens with one attached hydrogen (secondary N) is 2. The van der Waals surface area contributed by atoms with E-state index in [1.54, 1.807) is 13.8 Å². The maximum absolute atomic E-state index is 12.8. The van der Waals surface area contributed by atoms with Gasteiger partial charge in [0.15, 0.2) is 5.78 Å². The Hall–Kier alpha value is -2.15. The van der Waals surface area contributed by atoms with Gasteiger partial charge in [-0.1, -0.05) is 29.8 Å². The number of ether oxygens (including phenoxy) is 1. The Morgan fingerprint density at radius 2 is 1.93 bits per heavy atom. The molecule has 1 aromatic carbocycles. The average molecular weight is 404 g/mol. The molecule has 0 saturated carbocycles. The number of carbonyl (C=O) groups is 2. The summed E-state index contributed by atoms with van der Waals surface area (Å²) in [6.07, 6.45) is 0. The number of rotatable bonds is 6. The Kier molecular flexibility index (Phi) is 6.54. The van der Waals surface area contributed by atoms with E-state index in [9.17, 15) is 9.59 Å². The summed E-state index contributed by atoms with van der Waals surface area (Å²) in [6, 6.07) is 7.66. The van der Waals surface area contributed by atoms with Gasteiger partial charge in [-0.2, -0.15) is 0 Å². The van der Waals surface area contributed by atoms with E-state index in [0.29, 0.717) is 47.3 Å². The highest BCUT2D eigenvalue weighted by molar-refractivity contribution is 6.31. The maximum atomic E-state index is 12.8. The Bertz CT molecular complexity index is 872. The summed E-state index contributed by atoms with van der Waals surface area (Å²) in [4.78, 5) is 30.0. The van der Waals surface area contributed by atoms with E-state index in [-0.39, 0.29) is 17.7 Å². The van der Waals surface area contributed by atoms with Crippen LogP contribution in [0.4, 0.5) is 0 Å². The molecule has 1 fully saturated rings. The minimum absolute atomic E-state index is 0.0486. The highest BCUT2D eigenvalue weighted by Gasteiger charge is 2.26. The molecule has 28 heavy (non-hydrogen) atoms. The van der Waals surface area contributed by atoms with Crippen molar-refractivity contribution in [2.75, 3.05) is 32.8 Å². The van der Waals surface area contributed by atoms with Crippen LogP contribution in [-0.4, -0.2) is 54.4 Å². The number of hydrogen-bond donors (Lipinski definition) is 2. The monoisotopic (exact) mass is 403 g/mol. The standard InChI is InChI=1S/C21H26ClN3O3/c1-13-19(15(3)26)14(2)24-20(13)21(27)23-12-18(25-8-10-28-11-9-25)16-6-4-5-7-17(16)22/h4-7,18,24H,8-12H2,1-3H3,(H,23,27). The summed E-state index contributed by atoms with van der Waals surface area (Å²) >= 11 is 6.44. The second kappa shape index (κ2) is 8.90. The lowest BCUT2D eigenvalue weighted by Crippen LogP contribution is -2.44. The summed E-state index contributed by atoms with van der Waals surface area (Å²) < 4.78 is 5.47. The molecule has 0 spiro atoms. The fourth-order valence-electron chi connectivity index (χ4n) is 3.85. The van der Waals surface area contributed by atoms with Crippen molar-refractivity contribution in [2.45, 2.75) is 26.8 Å². The minimum Gasteiger partial charge on any atom is -0.379 e.